The van der Waals surface area contributed by atoms with Gasteiger partial charge in [0.1, 0.15) is 18.1 Å². The first-order valence-electron chi connectivity index (χ1n) is 8.06. The lowest BCUT2D eigenvalue weighted by atomic mass is 9.75. The van der Waals surface area contributed by atoms with Gasteiger partial charge < -0.3 is 14.2 Å². The predicted molar refractivity (Wildman–Crippen MR) is 84.4 cm³/mol. The zero-order chi connectivity index (χ0) is 15.4. The lowest BCUT2D eigenvalue weighted by Gasteiger charge is -2.36. The third-order valence-electron chi connectivity index (χ3n) is 4.45. The van der Waals surface area contributed by atoms with Crippen molar-refractivity contribution in [2.24, 2.45) is 17.8 Å². The lowest BCUT2D eigenvalue weighted by Crippen LogP contribution is -2.36. The summed E-state index contributed by atoms with van der Waals surface area (Å²) in [6.07, 6.45) is 3.01. The Labute approximate surface area is 132 Å². The summed E-state index contributed by atoms with van der Waals surface area (Å²) in [7, 11) is 0. The van der Waals surface area contributed by atoms with E-state index in [0.717, 1.165) is 18.6 Å². The molecule has 4 nitrogen and oxygen atoms in total. The van der Waals surface area contributed by atoms with Crippen LogP contribution in [-0.4, -0.2) is 36.2 Å². The van der Waals surface area contributed by atoms with E-state index >= 15 is 0 Å². The van der Waals surface area contributed by atoms with Crippen LogP contribution < -0.4 is 0 Å². The van der Waals surface area contributed by atoms with Crippen molar-refractivity contribution in [1.82, 2.24) is 0 Å². The van der Waals surface area contributed by atoms with Gasteiger partial charge in [0.2, 0.25) is 0 Å². The number of hydrogen-bond donors (Lipinski definition) is 0. The molecule has 1 saturated heterocycles. The molecule has 0 aromatic carbocycles. The molecule has 122 valence electrons. The first kappa shape index (κ1) is 16.9. The Balaban J connectivity index is 1.77. The molecule has 2 rings (SSSR count). The average molecular weight is 316 g/mol. The van der Waals surface area contributed by atoms with Gasteiger partial charge in [0.05, 0.1) is 6.10 Å². The van der Waals surface area contributed by atoms with Crippen LogP contribution in [0, 0.1) is 17.8 Å². The van der Waals surface area contributed by atoms with Crippen molar-refractivity contribution in [1.29, 1.82) is 0 Å². The SMILES string of the molecule is CC1CS[C@H](COC(=O)O[C@@H]2C[C@H](C)CC[C@H]2C(C)C)O1. The standard InChI is InChI=1S/C16H28O4S/c1-10(2)13-6-5-11(3)7-14(13)20-16(17)18-8-15-19-12(4)9-21-15/h10-15H,5-9H2,1-4H3/t11-,12?,13+,14-,15-/m1/s1. The minimum absolute atomic E-state index is 0.00248. The van der Waals surface area contributed by atoms with Crippen LogP contribution in [0.5, 0.6) is 0 Å². The minimum atomic E-state index is -0.538. The Morgan fingerprint density at radius 3 is 2.71 bits per heavy atom. The van der Waals surface area contributed by atoms with Gasteiger partial charge >= 0.3 is 6.16 Å². The summed E-state index contributed by atoms with van der Waals surface area (Å²) in [5, 5.41) is 0. The largest absolute Gasteiger partial charge is 0.508 e. The van der Waals surface area contributed by atoms with Crippen molar-refractivity contribution < 1.29 is 19.0 Å². The molecule has 1 aliphatic heterocycles. The molecule has 2 aliphatic rings. The molecule has 21 heavy (non-hydrogen) atoms. The third kappa shape index (κ3) is 5.06. The van der Waals surface area contributed by atoms with Crippen LogP contribution in [0.3, 0.4) is 0 Å². The van der Waals surface area contributed by atoms with Crippen LogP contribution in [-0.2, 0) is 14.2 Å². The highest BCUT2D eigenvalue weighted by Gasteiger charge is 2.34. The van der Waals surface area contributed by atoms with Crippen LogP contribution in [0.1, 0.15) is 47.0 Å². The highest BCUT2D eigenvalue weighted by atomic mass is 32.2. The summed E-state index contributed by atoms with van der Waals surface area (Å²) in [4.78, 5) is 11.9. The number of ether oxygens (including phenoxy) is 3. The highest BCUT2D eigenvalue weighted by molar-refractivity contribution is 8.00. The fourth-order valence-electron chi connectivity index (χ4n) is 3.21. The number of carbonyl (C=O) groups excluding carboxylic acids is 1. The fourth-order valence-corrected chi connectivity index (χ4v) is 4.21. The molecule has 0 radical (unpaired) electrons. The molecule has 0 bridgehead atoms. The topological polar surface area (TPSA) is 44.8 Å². The van der Waals surface area contributed by atoms with Crippen LogP contribution in [0.25, 0.3) is 0 Å². The predicted octanol–water partition coefficient (Wildman–Crippen LogP) is 4.08. The smallest absolute Gasteiger partial charge is 0.431 e. The Bertz CT molecular complexity index is 347. The van der Waals surface area contributed by atoms with Gasteiger partial charge in [-0.25, -0.2) is 4.79 Å². The molecule has 1 unspecified atom stereocenters. The normalized spacial score (nSPS) is 36.7. The quantitative estimate of drug-likeness (QED) is 0.731. The van der Waals surface area contributed by atoms with E-state index in [0.29, 0.717) is 17.8 Å². The van der Waals surface area contributed by atoms with Crippen LogP contribution in [0.15, 0.2) is 0 Å². The lowest BCUT2D eigenvalue weighted by molar-refractivity contribution is -0.0437. The molecule has 0 N–H and O–H groups in total. The fraction of sp³-hybridized carbons (Fsp3) is 0.938. The summed E-state index contributed by atoms with van der Waals surface area (Å²) in [6.45, 7) is 8.94. The van der Waals surface area contributed by atoms with Crippen molar-refractivity contribution in [3.8, 4) is 0 Å². The van der Waals surface area contributed by atoms with E-state index in [1.807, 2.05) is 6.92 Å². The molecule has 5 atom stereocenters. The Hall–Kier alpha value is -0.420. The van der Waals surface area contributed by atoms with Crippen molar-refractivity contribution in [2.75, 3.05) is 12.4 Å². The van der Waals surface area contributed by atoms with E-state index in [9.17, 15) is 4.79 Å². The van der Waals surface area contributed by atoms with Crippen LogP contribution >= 0.6 is 11.8 Å². The zero-order valence-electron chi connectivity index (χ0n) is 13.5. The first-order valence-corrected chi connectivity index (χ1v) is 9.11. The van der Waals surface area contributed by atoms with Crippen molar-refractivity contribution in [2.45, 2.75) is 64.6 Å². The van der Waals surface area contributed by atoms with E-state index in [1.54, 1.807) is 11.8 Å². The molecule has 1 aliphatic carbocycles. The van der Waals surface area contributed by atoms with Gasteiger partial charge in [-0.3, -0.25) is 0 Å². The third-order valence-corrected chi connectivity index (χ3v) is 5.73. The summed E-state index contributed by atoms with van der Waals surface area (Å²) in [6, 6.07) is 0. The summed E-state index contributed by atoms with van der Waals surface area (Å²) >= 11 is 1.69. The second-order valence-electron chi connectivity index (χ2n) is 6.75. The molecular weight excluding hydrogens is 288 g/mol. The highest BCUT2D eigenvalue weighted by Crippen LogP contribution is 2.35. The maximum Gasteiger partial charge on any atom is 0.508 e. The van der Waals surface area contributed by atoms with Gasteiger partial charge in [0.25, 0.3) is 0 Å². The van der Waals surface area contributed by atoms with Crippen molar-refractivity contribution in [3.05, 3.63) is 0 Å². The Kier molecular flexibility index (Phi) is 6.23. The number of carbonyl (C=O) groups is 1. The molecular formula is C16H28O4S. The summed E-state index contributed by atoms with van der Waals surface area (Å²) in [5.74, 6) is 2.56. The van der Waals surface area contributed by atoms with Gasteiger partial charge in [0, 0.05) is 5.75 Å². The van der Waals surface area contributed by atoms with Gasteiger partial charge in [-0.15, -0.1) is 11.8 Å². The molecule has 0 spiro atoms. The van der Waals surface area contributed by atoms with E-state index < -0.39 is 6.16 Å². The van der Waals surface area contributed by atoms with Crippen molar-refractivity contribution in [3.63, 3.8) is 0 Å². The number of hydrogen-bond acceptors (Lipinski definition) is 5. The monoisotopic (exact) mass is 316 g/mol. The molecule has 0 aromatic rings. The van der Waals surface area contributed by atoms with Gasteiger partial charge in [0.15, 0.2) is 0 Å². The maximum absolute atomic E-state index is 11.9. The first-order chi connectivity index (χ1) is 9.95. The van der Waals surface area contributed by atoms with Crippen LogP contribution in [0.4, 0.5) is 4.79 Å². The van der Waals surface area contributed by atoms with E-state index in [2.05, 4.69) is 20.8 Å². The summed E-state index contributed by atoms with van der Waals surface area (Å²) in [5.41, 5.74) is -0.0428. The second-order valence-corrected chi connectivity index (χ2v) is 7.95. The molecule has 0 aromatic heterocycles. The minimum Gasteiger partial charge on any atom is -0.431 e. The number of thioether (sulfide) groups is 1. The van der Waals surface area contributed by atoms with Gasteiger partial charge in [-0.05, 0) is 37.5 Å². The Morgan fingerprint density at radius 1 is 1.33 bits per heavy atom. The van der Waals surface area contributed by atoms with E-state index in [4.69, 9.17) is 14.2 Å². The Morgan fingerprint density at radius 2 is 2.10 bits per heavy atom. The molecule has 2 fully saturated rings. The van der Waals surface area contributed by atoms with Gasteiger partial charge in [-0.2, -0.15) is 0 Å². The van der Waals surface area contributed by atoms with Gasteiger partial charge in [-0.1, -0.05) is 27.2 Å². The van der Waals surface area contributed by atoms with Crippen LogP contribution in [0.2, 0.25) is 0 Å². The zero-order valence-corrected chi connectivity index (χ0v) is 14.4. The molecule has 5 heteroatoms. The average Bonchev–Trinajstić information content (AvgIpc) is 2.82. The van der Waals surface area contributed by atoms with E-state index in [-0.39, 0.29) is 24.3 Å². The summed E-state index contributed by atoms with van der Waals surface area (Å²) < 4.78 is 16.4. The van der Waals surface area contributed by atoms with E-state index in [1.165, 1.54) is 6.42 Å². The molecule has 1 heterocycles. The second kappa shape index (κ2) is 7.73. The molecule has 1 saturated carbocycles. The number of rotatable bonds is 4. The maximum atomic E-state index is 11.9. The molecule has 0 amide bonds. The van der Waals surface area contributed by atoms with Crippen molar-refractivity contribution >= 4 is 17.9 Å².